The van der Waals surface area contributed by atoms with Crippen molar-refractivity contribution in [3.05, 3.63) is 23.3 Å². The smallest absolute Gasteiger partial charge is 0.191 e. The first kappa shape index (κ1) is 15.1. The maximum atomic E-state index is 4.32. The van der Waals surface area contributed by atoms with Crippen LogP contribution in [0.4, 0.5) is 0 Å². The molecule has 0 aliphatic heterocycles. The monoisotopic (exact) mass is 335 g/mol. The zero-order chi connectivity index (χ0) is 11.3. The number of guanidine groups is 1. The molecule has 16 heavy (non-hydrogen) atoms. The largest absolute Gasteiger partial charge is 0.359 e. The summed E-state index contributed by atoms with van der Waals surface area (Å²) in [5, 5.41) is 6.09. The van der Waals surface area contributed by atoms with Crippen LogP contribution in [0, 0.1) is 13.8 Å². The number of rotatable bonds is 2. The standard InChI is InChI=1S/C10H17N5.HI/c1-7-5-9(15-8(2)14-7)6-13-10(11-3)12-4;/h5H,6H2,1-4H3,(H2,11,12,13);1H. The Balaban J connectivity index is 0.00000225. The molecule has 0 bridgehead atoms. The predicted octanol–water partition coefficient (Wildman–Crippen LogP) is 1.01. The van der Waals surface area contributed by atoms with Gasteiger partial charge in [0, 0.05) is 19.8 Å². The van der Waals surface area contributed by atoms with Gasteiger partial charge in [0.25, 0.3) is 0 Å². The van der Waals surface area contributed by atoms with Crippen LogP contribution in [-0.2, 0) is 6.54 Å². The van der Waals surface area contributed by atoms with Gasteiger partial charge in [0.05, 0.1) is 12.2 Å². The molecule has 2 N–H and O–H groups in total. The first-order chi connectivity index (χ1) is 7.15. The molecular weight excluding hydrogens is 317 g/mol. The van der Waals surface area contributed by atoms with Crippen molar-refractivity contribution in [2.75, 3.05) is 14.1 Å². The average Bonchev–Trinajstić information content (AvgIpc) is 2.18. The molecule has 0 saturated heterocycles. The summed E-state index contributed by atoms with van der Waals surface area (Å²) < 4.78 is 0. The highest BCUT2D eigenvalue weighted by molar-refractivity contribution is 14.0. The SMILES string of the molecule is CN=C(NC)NCc1cc(C)nc(C)n1.I. The summed E-state index contributed by atoms with van der Waals surface area (Å²) in [5.74, 6) is 1.55. The Hall–Kier alpha value is -0.920. The van der Waals surface area contributed by atoms with Crippen LogP contribution in [0.2, 0.25) is 0 Å². The van der Waals surface area contributed by atoms with E-state index in [-0.39, 0.29) is 24.0 Å². The summed E-state index contributed by atoms with van der Waals surface area (Å²) in [4.78, 5) is 12.6. The Labute approximate surface area is 113 Å². The second-order valence-corrected chi connectivity index (χ2v) is 3.22. The number of hydrogen-bond acceptors (Lipinski definition) is 3. The van der Waals surface area contributed by atoms with E-state index in [1.807, 2.05) is 27.0 Å². The van der Waals surface area contributed by atoms with Crippen LogP contribution >= 0.6 is 24.0 Å². The first-order valence-electron chi connectivity index (χ1n) is 4.85. The van der Waals surface area contributed by atoms with Crippen molar-refractivity contribution in [3.63, 3.8) is 0 Å². The van der Waals surface area contributed by atoms with E-state index in [0.29, 0.717) is 6.54 Å². The number of aryl methyl sites for hydroxylation is 2. The second kappa shape index (κ2) is 7.37. The summed E-state index contributed by atoms with van der Waals surface area (Å²) >= 11 is 0. The number of aromatic nitrogens is 2. The summed E-state index contributed by atoms with van der Waals surface area (Å²) in [5.41, 5.74) is 1.95. The highest BCUT2D eigenvalue weighted by Gasteiger charge is 1.99. The van der Waals surface area contributed by atoms with Gasteiger partial charge in [0.1, 0.15) is 5.82 Å². The van der Waals surface area contributed by atoms with Crippen molar-refractivity contribution >= 4 is 29.9 Å². The maximum absolute atomic E-state index is 4.32. The fraction of sp³-hybridized carbons (Fsp3) is 0.500. The number of halogens is 1. The topological polar surface area (TPSA) is 62.2 Å². The lowest BCUT2D eigenvalue weighted by Gasteiger charge is -2.08. The molecule has 90 valence electrons. The van der Waals surface area contributed by atoms with Crippen LogP contribution in [0.1, 0.15) is 17.2 Å². The van der Waals surface area contributed by atoms with Gasteiger partial charge in [-0.25, -0.2) is 9.97 Å². The molecule has 6 heteroatoms. The second-order valence-electron chi connectivity index (χ2n) is 3.22. The predicted molar refractivity (Wildman–Crippen MR) is 76.2 cm³/mol. The van der Waals surface area contributed by atoms with Gasteiger partial charge in [0.15, 0.2) is 5.96 Å². The van der Waals surface area contributed by atoms with Crippen LogP contribution in [-0.4, -0.2) is 30.0 Å². The number of hydrogen-bond donors (Lipinski definition) is 2. The van der Waals surface area contributed by atoms with Gasteiger partial charge in [-0.05, 0) is 19.9 Å². The summed E-state index contributed by atoms with van der Waals surface area (Å²) in [6.07, 6.45) is 0. The normalized spacial score (nSPS) is 10.6. The van der Waals surface area contributed by atoms with Gasteiger partial charge in [0.2, 0.25) is 0 Å². The molecule has 0 radical (unpaired) electrons. The third-order valence-electron chi connectivity index (χ3n) is 1.92. The fourth-order valence-electron chi connectivity index (χ4n) is 1.34. The number of aliphatic imine (C=N–C) groups is 1. The van der Waals surface area contributed by atoms with Crippen molar-refractivity contribution < 1.29 is 0 Å². The van der Waals surface area contributed by atoms with Crippen molar-refractivity contribution in [2.45, 2.75) is 20.4 Å². The first-order valence-corrected chi connectivity index (χ1v) is 4.85. The number of nitrogens with one attached hydrogen (secondary N) is 2. The molecule has 5 nitrogen and oxygen atoms in total. The molecule has 0 aliphatic rings. The van der Waals surface area contributed by atoms with E-state index >= 15 is 0 Å². The van der Waals surface area contributed by atoms with E-state index in [1.165, 1.54) is 0 Å². The molecule has 0 amide bonds. The lowest BCUT2D eigenvalue weighted by Crippen LogP contribution is -2.34. The Bertz CT molecular complexity index is 344. The molecule has 1 heterocycles. The third kappa shape index (κ3) is 4.73. The van der Waals surface area contributed by atoms with Crippen molar-refractivity contribution in [3.8, 4) is 0 Å². The zero-order valence-electron chi connectivity index (χ0n) is 10.0. The Morgan fingerprint density at radius 1 is 1.38 bits per heavy atom. The average molecular weight is 335 g/mol. The molecule has 1 aromatic rings. The highest BCUT2D eigenvalue weighted by Crippen LogP contribution is 1.99. The van der Waals surface area contributed by atoms with Gasteiger partial charge >= 0.3 is 0 Å². The van der Waals surface area contributed by atoms with Crippen molar-refractivity contribution in [1.29, 1.82) is 0 Å². The van der Waals surface area contributed by atoms with Crippen LogP contribution in [0.25, 0.3) is 0 Å². The van der Waals surface area contributed by atoms with E-state index in [4.69, 9.17) is 0 Å². The molecular formula is C10H18IN5. The van der Waals surface area contributed by atoms with Gasteiger partial charge in [-0.3, -0.25) is 4.99 Å². The van der Waals surface area contributed by atoms with E-state index in [0.717, 1.165) is 23.2 Å². The molecule has 0 aliphatic carbocycles. The molecule has 0 spiro atoms. The molecule has 0 fully saturated rings. The minimum Gasteiger partial charge on any atom is -0.359 e. The van der Waals surface area contributed by atoms with Crippen LogP contribution < -0.4 is 10.6 Å². The van der Waals surface area contributed by atoms with E-state index in [2.05, 4.69) is 25.6 Å². The lowest BCUT2D eigenvalue weighted by molar-refractivity contribution is 0.814. The maximum Gasteiger partial charge on any atom is 0.191 e. The minimum absolute atomic E-state index is 0. The number of nitrogens with zero attached hydrogens (tertiary/aromatic N) is 3. The molecule has 0 aromatic carbocycles. The van der Waals surface area contributed by atoms with Crippen molar-refractivity contribution in [1.82, 2.24) is 20.6 Å². The molecule has 1 aromatic heterocycles. The van der Waals surface area contributed by atoms with E-state index < -0.39 is 0 Å². The van der Waals surface area contributed by atoms with Crippen LogP contribution in [0.5, 0.6) is 0 Å². The Kier molecular flexibility index (Phi) is 6.95. The van der Waals surface area contributed by atoms with Gasteiger partial charge < -0.3 is 10.6 Å². The van der Waals surface area contributed by atoms with Gasteiger partial charge in [-0.2, -0.15) is 0 Å². The van der Waals surface area contributed by atoms with Crippen LogP contribution in [0.15, 0.2) is 11.1 Å². The quantitative estimate of drug-likeness (QED) is 0.481. The molecule has 0 unspecified atom stereocenters. The van der Waals surface area contributed by atoms with Crippen LogP contribution in [0.3, 0.4) is 0 Å². The minimum atomic E-state index is 0. The summed E-state index contributed by atoms with van der Waals surface area (Å²) in [7, 11) is 3.56. The molecule has 0 saturated carbocycles. The highest BCUT2D eigenvalue weighted by atomic mass is 127. The van der Waals surface area contributed by atoms with E-state index in [1.54, 1.807) is 7.05 Å². The lowest BCUT2D eigenvalue weighted by atomic mass is 10.3. The van der Waals surface area contributed by atoms with Crippen molar-refractivity contribution in [2.24, 2.45) is 4.99 Å². The fourth-order valence-corrected chi connectivity index (χ4v) is 1.34. The molecule has 1 rings (SSSR count). The molecule has 0 atom stereocenters. The Morgan fingerprint density at radius 2 is 2.06 bits per heavy atom. The summed E-state index contributed by atoms with van der Waals surface area (Å²) in [6.45, 7) is 4.51. The van der Waals surface area contributed by atoms with E-state index in [9.17, 15) is 0 Å². The zero-order valence-corrected chi connectivity index (χ0v) is 12.4. The third-order valence-corrected chi connectivity index (χ3v) is 1.92. The van der Waals surface area contributed by atoms with Gasteiger partial charge in [-0.1, -0.05) is 0 Å². The Morgan fingerprint density at radius 3 is 2.56 bits per heavy atom. The van der Waals surface area contributed by atoms with Gasteiger partial charge in [-0.15, -0.1) is 24.0 Å². The summed E-state index contributed by atoms with van der Waals surface area (Å²) in [6, 6.07) is 1.96.